The zero-order valence-electron chi connectivity index (χ0n) is 8.68. The fourth-order valence-electron chi connectivity index (χ4n) is 1.15. The lowest BCUT2D eigenvalue weighted by atomic mass is 10.3. The van der Waals surface area contributed by atoms with Crippen molar-refractivity contribution in [2.75, 3.05) is 13.6 Å². The Bertz CT molecular complexity index is 314. The van der Waals surface area contributed by atoms with Gasteiger partial charge in [0, 0.05) is 11.3 Å². The number of hydrogen-bond acceptors (Lipinski definition) is 3. The van der Waals surface area contributed by atoms with Gasteiger partial charge in [-0.05, 0) is 48.1 Å². The van der Waals surface area contributed by atoms with Gasteiger partial charge in [-0.1, -0.05) is 0 Å². The minimum atomic E-state index is 0.120. The van der Waals surface area contributed by atoms with Crippen molar-refractivity contribution in [3.8, 4) is 0 Å². The standard InChI is InChI=1S/C10H15BrN2OS/c1-12-6-2-3-10(14)13-7-8-4-5-9(11)15-8/h4-5,12H,2-3,6-7H2,1H3,(H,13,14). The average molecular weight is 291 g/mol. The van der Waals surface area contributed by atoms with Gasteiger partial charge in [0.1, 0.15) is 0 Å². The molecule has 3 nitrogen and oxygen atoms in total. The van der Waals surface area contributed by atoms with Crippen molar-refractivity contribution < 1.29 is 4.79 Å². The fourth-order valence-corrected chi connectivity index (χ4v) is 2.57. The highest BCUT2D eigenvalue weighted by Gasteiger charge is 2.02. The molecule has 0 aliphatic carbocycles. The lowest BCUT2D eigenvalue weighted by Crippen LogP contribution is -2.23. The molecule has 0 saturated carbocycles. The summed E-state index contributed by atoms with van der Waals surface area (Å²) in [6.07, 6.45) is 1.48. The number of carbonyl (C=O) groups excluding carboxylic acids is 1. The minimum absolute atomic E-state index is 0.120. The summed E-state index contributed by atoms with van der Waals surface area (Å²) < 4.78 is 1.10. The van der Waals surface area contributed by atoms with E-state index in [9.17, 15) is 4.79 Å². The van der Waals surface area contributed by atoms with Gasteiger partial charge < -0.3 is 10.6 Å². The quantitative estimate of drug-likeness (QED) is 0.788. The van der Waals surface area contributed by atoms with Crippen molar-refractivity contribution in [2.45, 2.75) is 19.4 Å². The van der Waals surface area contributed by atoms with E-state index in [1.807, 2.05) is 19.2 Å². The van der Waals surface area contributed by atoms with Crippen LogP contribution in [0.25, 0.3) is 0 Å². The van der Waals surface area contributed by atoms with Crippen molar-refractivity contribution in [2.24, 2.45) is 0 Å². The van der Waals surface area contributed by atoms with Gasteiger partial charge in [0.05, 0.1) is 10.3 Å². The third kappa shape index (κ3) is 5.30. The number of hydrogen-bond donors (Lipinski definition) is 2. The van der Waals surface area contributed by atoms with E-state index in [1.165, 1.54) is 4.88 Å². The average Bonchev–Trinajstić information content (AvgIpc) is 2.62. The van der Waals surface area contributed by atoms with Crippen LogP contribution in [0, 0.1) is 0 Å². The van der Waals surface area contributed by atoms with Crippen molar-refractivity contribution in [1.29, 1.82) is 0 Å². The van der Waals surface area contributed by atoms with E-state index in [0.717, 1.165) is 16.8 Å². The molecule has 0 bridgehead atoms. The normalized spacial score (nSPS) is 10.3. The van der Waals surface area contributed by atoms with E-state index < -0.39 is 0 Å². The lowest BCUT2D eigenvalue weighted by Gasteiger charge is -2.02. The first kappa shape index (κ1) is 12.7. The molecule has 0 aromatic carbocycles. The summed E-state index contributed by atoms with van der Waals surface area (Å²) in [4.78, 5) is 12.5. The van der Waals surface area contributed by atoms with E-state index in [0.29, 0.717) is 13.0 Å². The highest BCUT2D eigenvalue weighted by Crippen LogP contribution is 2.21. The predicted octanol–water partition coefficient (Wildman–Crippen LogP) is 2.13. The maximum atomic E-state index is 11.4. The monoisotopic (exact) mass is 290 g/mol. The van der Waals surface area contributed by atoms with E-state index in [4.69, 9.17) is 0 Å². The third-order valence-electron chi connectivity index (χ3n) is 1.92. The van der Waals surface area contributed by atoms with Crippen molar-refractivity contribution in [3.63, 3.8) is 0 Å². The molecule has 1 aromatic heterocycles. The maximum absolute atomic E-state index is 11.4. The molecule has 5 heteroatoms. The van der Waals surface area contributed by atoms with E-state index in [-0.39, 0.29) is 5.91 Å². The number of amides is 1. The van der Waals surface area contributed by atoms with Crippen LogP contribution in [0.5, 0.6) is 0 Å². The Hall–Kier alpha value is -0.390. The van der Waals surface area contributed by atoms with Crippen LogP contribution in [0.3, 0.4) is 0 Å². The summed E-state index contributed by atoms with van der Waals surface area (Å²) >= 11 is 5.04. The van der Waals surface area contributed by atoms with Crippen LogP contribution < -0.4 is 10.6 Å². The molecule has 0 saturated heterocycles. The second-order valence-corrected chi connectivity index (χ2v) is 5.74. The van der Waals surface area contributed by atoms with Gasteiger partial charge in [0.15, 0.2) is 0 Å². The highest BCUT2D eigenvalue weighted by atomic mass is 79.9. The molecule has 1 rings (SSSR count). The molecule has 2 N–H and O–H groups in total. The summed E-state index contributed by atoms with van der Waals surface area (Å²) in [7, 11) is 1.89. The molecule has 84 valence electrons. The molecule has 0 atom stereocenters. The van der Waals surface area contributed by atoms with Crippen molar-refractivity contribution in [3.05, 3.63) is 20.8 Å². The van der Waals surface area contributed by atoms with Crippen LogP contribution in [-0.4, -0.2) is 19.5 Å². The number of halogens is 1. The van der Waals surface area contributed by atoms with E-state index in [2.05, 4.69) is 26.6 Å². The molecular formula is C10H15BrN2OS. The Balaban J connectivity index is 2.16. The van der Waals surface area contributed by atoms with E-state index >= 15 is 0 Å². The van der Waals surface area contributed by atoms with Crippen molar-refractivity contribution >= 4 is 33.2 Å². The maximum Gasteiger partial charge on any atom is 0.220 e. The molecule has 0 radical (unpaired) electrons. The van der Waals surface area contributed by atoms with Gasteiger partial charge in [0.2, 0.25) is 5.91 Å². The summed E-state index contributed by atoms with van der Waals surface area (Å²) in [5, 5.41) is 5.91. The van der Waals surface area contributed by atoms with Gasteiger partial charge in [-0.15, -0.1) is 11.3 Å². The Morgan fingerprint density at radius 1 is 1.53 bits per heavy atom. The predicted molar refractivity (Wildman–Crippen MR) is 67.0 cm³/mol. The Kier molecular flexibility index (Phi) is 5.90. The molecule has 1 aromatic rings. The molecule has 0 aliphatic rings. The number of thiophene rings is 1. The van der Waals surface area contributed by atoms with Crippen molar-refractivity contribution in [1.82, 2.24) is 10.6 Å². The Morgan fingerprint density at radius 2 is 2.33 bits per heavy atom. The lowest BCUT2D eigenvalue weighted by molar-refractivity contribution is -0.121. The Labute approximate surface area is 102 Å². The SMILES string of the molecule is CNCCCC(=O)NCc1ccc(Br)s1. The zero-order chi connectivity index (χ0) is 11.1. The molecule has 15 heavy (non-hydrogen) atoms. The smallest absolute Gasteiger partial charge is 0.220 e. The molecule has 0 unspecified atom stereocenters. The van der Waals surface area contributed by atoms with Crippen LogP contribution in [0.1, 0.15) is 17.7 Å². The third-order valence-corrected chi connectivity index (χ3v) is 3.54. The van der Waals surface area contributed by atoms with Crippen LogP contribution in [0.2, 0.25) is 0 Å². The van der Waals surface area contributed by atoms with Gasteiger partial charge in [-0.2, -0.15) is 0 Å². The molecule has 1 amide bonds. The van der Waals surface area contributed by atoms with Crippen LogP contribution in [0.15, 0.2) is 15.9 Å². The van der Waals surface area contributed by atoms with Gasteiger partial charge in [-0.3, -0.25) is 4.79 Å². The molecule has 0 fully saturated rings. The summed E-state index contributed by atoms with van der Waals surface area (Å²) in [6.45, 7) is 1.52. The molecular weight excluding hydrogens is 276 g/mol. The zero-order valence-corrected chi connectivity index (χ0v) is 11.1. The first-order valence-electron chi connectivity index (χ1n) is 4.88. The van der Waals surface area contributed by atoms with Crippen LogP contribution in [0.4, 0.5) is 0 Å². The number of rotatable bonds is 6. The van der Waals surface area contributed by atoms with Gasteiger partial charge in [-0.25, -0.2) is 0 Å². The highest BCUT2D eigenvalue weighted by molar-refractivity contribution is 9.11. The first-order chi connectivity index (χ1) is 7.22. The summed E-state index contributed by atoms with van der Waals surface area (Å²) in [5.74, 6) is 0.120. The Morgan fingerprint density at radius 3 is 2.93 bits per heavy atom. The second kappa shape index (κ2) is 6.98. The summed E-state index contributed by atoms with van der Waals surface area (Å²) in [6, 6.07) is 4.01. The van der Waals surface area contributed by atoms with E-state index in [1.54, 1.807) is 11.3 Å². The minimum Gasteiger partial charge on any atom is -0.351 e. The summed E-state index contributed by atoms with van der Waals surface area (Å²) in [5.41, 5.74) is 0. The largest absolute Gasteiger partial charge is 0.351 e. The topological polar surface area (TPSA) is 41.1 Å². The van der Waals surface area contributed by atoms with Gasteiger partial charge >= 0.3 is 0 Å². The number of nitrogens with one attached hydrogen (secondary N) is 2. The number of carbonyl (C=O) groups is 1. The second-order valence-electron chi connectivity index (χ2n) is 3.19. The molecule has 0 spiro atoms. The molecule has 0 aliphatic heterocycles. The van der Waals surface area contributed by atoms with Crippen LogP contribution in [-0.2, 0) is 11.3 Å². The fraction of sp³-hybridized carbons (Fsp3) is 0.500. The first-order valence-corrected chi connectivity index (χ1v) is 6.49. The van der Waals surface area contributed by atoms with Crippen LogP contribution >= 0.6 is 27.3 Å². The van der Waals surface area contributed by atoms with Gasteiger partial charge in [0.25, 0.3) is 0 Å². The molecule has 1 heterocycles.